The monoisotopic (exact) mass is 433 g/mol. The minimum absolute atomic E-state index is 0.313. The van der Waals surface area contributed by atoms with Crippen LogP contribution in [0.5, 0.6) is 0 Å². The highest BCUT2D eigenvalue weighted by Gasteiger charge is 2.01. The first-order valence-electron chi connectivity index (χ1n) is 10.5. The summed E-state index contributed by atoms with van der Waals surface area (Å²) >= 11 is 3.47. The summed E-state index contributed by atoms with van der Waals surface area (Å²) in [7, 11) is 3.85. The molecule has 0 fully saturated rings. The lowest BCUT2D eigenvalue weighted by atomic mass is 10.1. The molecule has 0 radical (unpaired) electrons. The van der Waals surface area contributed by atoms with Gasteiger partial charge in [-0.3, -0.25) is 0 Å². The number of unbranched alkanes of at least 4 members (excludes halogenated alkanes) is 11. The van der Waals surface area contributed by atoms with Crippen LogP contribution >= 0.6 is 15.9 Å². The van der Waals surface area contributed by atoms with Crippen LogP contribution in [0.25, 0.3) is 0 Å². The largest absolute Gasteiger partial charge is 0.461 e. The molecule has 0 bridgehead atoms. The topological polar surface area (TPSA) is 29.5 Å². The molecule has 0 spiro atoms. The third-order valence-electron chi connectivity index (χ3n) is 4.11. The number of halogens is 1. The Bertz CT molecular complexity index is 307. The maximum Gasteiger partial charge on any atom is 0.333 e. The molecule has 0 atom stereocenters. The molecule has 0 aromatic heterocycles. The smallest absolute Gasteiger partial charge is 0.333 e. The van der Waals surface area contributed by atoms with Crippen LogP contribution in [0.15, 0.2) is 12.2 Å². The van der Waals surface area contributed by atoms with E-state index in [9.17, 15) is 4.79 Å². The molecule has 0 unspecified atom stereocenters. The number of hydrogen-bond acceptors (Lipinski definition) is 3. The van der Waals surface area contributed by atoms with Gasteiger partial charge in [-0.25, -0.2) is 4.79 Å². The molecule has 0 aliphatic carbocycles. The molecule has 0 heterocycles. The van der Waals surface area contributed by atoms with E-state index in [1.807, 2.05) is 19.0 Å². The fraction of sp³-hybridized carbons (Fsp3) is 0.864. The summed E-state index contributed by atoms with van der Waals surface area (Å²) in [6.45, 7) is 8.56. The first-order chi connectivity index (χ1) is 12.5. The predicted octanol–water partition coefficient (Wildman–Crippen LogP) is 6.75. The van der Waals surface area contributed by atoms with Gasteiger partial charge in [0.05, 0.1) is 0 Å². The van der Waals surface area contributed by atoms with Crippen molar-refractivity contribution in [1.29, 1.82) is 0 Å². The van der Waals surface area contributed by atoms with Gasteiger partial charge in [0, 0.05) is 17.4 Å². The van der Waals surface area contributed by atoms with E-state index in [2.05, 4.69) is 29.4 Å². The second-order valence-corrected chi connectivity index (χ2v) is 8.09. The molecule has 0 aliphatic heterocycles. The predicted molar refractivity (Wildman–Crippen MR) is 119 cm³/mol. The van der Waals surface area contributed by atoms with Crippen LogP contribution in [-0.4, -0.2) is 43.4 Å². The first kappa shape index (κ1) is 27.9. The van der Waals surface area contributed by atoms with Gasteiger partial charge in [-0.15, -0.1) is 0 Å². The van der Waals surface area contributed by atoms with E-state index in [4.69, 9.17) is 4.74 Å². The zero-order chi connectivity index (χ0) is 20.0. The Morgan fingerprint density at radius 3 is 1.65 bits per heavy atom. The normalized spacial score (nSPS) is 10.4. The van der Waals surface area contributed by atoms with E-state index in [1.165, 1.54) is 82.4 Å². The highest BCUT2D eigenvalue weighted by Crippen LogP contribution is 2.12. The summed E-state index contributed by atoms with van der Waals surface area (Å²) in [6, 6.07) is 0. The van der Waals surface area contributed by atoms with Gasteiger partial charge in [-0.2, -0.15) is 0 Å². The molecule has 3 nitrogen and oxygen atoms in total. The SMILES string of the molecule is C=C(C)C(=O)OCCN(C)C.CCCCCCCCCCCCCCBr. The molecular weight excluding hydrogens is 390 g/mol. The molecule has 0 saturated heterocycles. The molecule has 0 aromatic carbocycles. The van der Waals surface area contributed by atoms with E-state index < -0.39 is 0 Å². The number of alkyl halides is 1. The van der Waals surface area contributed by atoms with Crippen molar-refractivity contribution in [2.75, 3.05) is 32.6 Å². The lowest BCUT2D eigenvalue weighted by Crippen LogP contribution is -2.20. The van der Waals surface area contributed by atoms with Crippen molar-refractivity contribution >= 4 is 21.9 Å². The lowest BCUT2D eigenvalue weighted by molar-refractivity contribution is -0.139. The number of ether oxygens (including phenoxy) is 1. The minimum Gasteiger partial charge on any atom is -0.461 e. The quantitative estimate of drug-likeness (QED) is 0.116. The maximum atomic E-state index is 10.8. The summed E-state index contributed by atoms with van der Waals surface area (Å²) in [4.78, 5) is 12.7. The van der Waals surface area contributed by atoms with Gasteiger partial charge in [0.15, 0.2) is 0 Å². The van der Waals surface area contributed by atoms with Crippen molar-refractivity contribution in [3.05, 3.63) is 12.2 Å². The van der Waals surface area contributed by atoms with Gasteiger partial charge in [0.1, 0.15) is 6.61 Å². The van der Waals surface area contributed by atoms with Crippen LogP contribution in [0.4, 0.5) is 0 Å². The van der Waals surface area contributed by atoms with Crippen molar-refractivity contribution in [2.24, 2.45) is 0 Å². The number of nitrogens with zero attached hydrogens (tertiary/aromatic N) is 1. The minimum atomic E-state index is -0.313. The van der Waals surface area contributed by atoms with Gasteiger partial charge >= 0.3 is 5.97 Å². The van der Waals surface area contributed by atoms with Gasteiger partial charge in [-0.1, -0.05) is 100 Å². The van der Waals surface area contributed by atoms with E-state index in [-0.39, 0.29) is 5.97 Å². The summed E-state index contributed by atoms with van der Waals surface area (Å²) in [5.41, 5.74) is 0.448. The van der Waals surface area contributed by atoms with Gasteiger partial charge < -0.3 is 9.64 Å². The third-order valence-corrected chi connectivity index (χ3v) is 4.67. The number of rotatable bonds is 16. The van der Waals surface area contributed by atoms with Crippen molar-refractivity contribution in [2.45, 2.75) is 90.9 Å². The Hall–Kier alpha value is -0.350. The van der Waals surface area contributed by atoms with Crippen LogP contribution in [0.3, 0.4) is 0 Å². The summed E-state index contributed by atoms with van der Waals surface area (Å²) in [5, 5.41) is 1.18. The van der Waals surface area contributed by atoms with Crippen LogP contribution < -0.4 is 0 Å². The van der Waals surface area contributed by atoms with Crippen molar-refractivity contribution in [1.82, 2.24) is 4.90 Å². The fourth-order valence-electron chi connectivity index (χ4n) is 2.38. The second-order valence-electron chi connectivity index (χ2n) is 7.30. The Labute approximate surface area is 172 Å². The zero-order valence-corrected chi connectivity index (χ0v) is 19.5. The third kappa shape index (κ3) is 25.9. The summed E-state index contributed by atoms with van der Waals surface area (Å²) in [5.74, 6) is -0.313. The van der Waals surface area contributed by atoms with E-state index in [0.717, 1.165) is 6.54 Å². The first-order valence-corrected chi connectivity index (χ1v) is 11.6. The van der Waals surface area contributed by atoms with Crippen molar-refractivity contribution in [3.63, 3.8) is 0 Å². The van der Waals surface area contributed by atoms with E-state index >= 15 is 0 Å². The van der Waals surface area contributed by atoms with Crippen LogP contribution in [0.2, 0.25) is 0 Å². The molecule has 26 heavy (non-hydrogen) atoms. The van der Waals surface area contributed by atoms with E-state index in [1.54, 1.807) is 6.92 Å². The molecule has 0 rings (SSSR count). The molecule has 0 N–H and O–H groups in total. The van der Waals surface area contributed by atoms with Gasteiger partial charge in [-0.05, 0) is 27.4 Å². The Kier molecular flexibility index (Phi) is 24.3. The highest BCUT2D eigenvalue weighted by atomic mass is 79.9. The van der Waals surface area contributed by atoms with Crippen LogP contribution in [0.1, 0.15) is 90.9 Å². The van der Waals surface area contributed by atoms with Crippen molar-refractivity contribution in [3.8, 4) is 0 Å². The molecule has 156 valence electrons. The highest BCUT2D eigenvalue weighted by molar-refractivity contribution is 9.09. The summed E-state index contributed by atoms with van der Waals surface area (Å²) in [6.07, 6.45) is 17.3. The van der Waals surface area contributed by atoms with Crippen LogP contribution in [0, 0.1) is 0 Å². The number of likely N-dealkylation sites (N-methyl/N-ethyl adjacent to an activating group) is 1. The molecular formula is C22H44BrNO2. The number of carbonyl (C=O) groups is 1. The number of carbonyl (C=O) groups excluding carboxylic acids is 1. The summed E-state index contributed by atoms with van der Waals surface area (Å²) < 4.78 is 4.83. The van der Waals surface area contributed by atoms with Gasteiger partial charge in [0.25, 0.3) is 0 Å². The average Bonchev–Trinajstić information content (AvgIpc) is 2.60. The molecule has 0 aliphatic rings. The number of hydrogen-bond donors (Lipinski definition) is 0. The van der Waals surface area contributed by atoms with Crippen LogP contribution in [-0.2, 0) is 9.53 Å². The van der Waals surface area contributed by atoms with Gasteiger partial charge in [0.2, 0.25) is 0 Å². The molecule has 4 heteroatoms. The second kappa shape index (κ2) is 22.7. The average molecular weight is 435 g/mol. The molecule has 0 saturated carbocycles. The Morgan fingerprint density at radius 2 is 1.31 bits per heavy atom. The number of esters is 1. The molecule has 0 amide bonds. The Balaban J connectivity index is 0. The fourth-order valence-corrected chi connectivity index (χ4v) is 2.78. The molecule has 0 aromatic rings. The lowest BCUT2D eigenvalue weighted by Gasteiger charge is -2.09. The zero-order valence-electron chi connectivity index (χ0n) is 18.0. The maximum absolute atomic E-state index is 10.8. The van der Waals surface area contributed by atoms with Crippen molar-refractivity contribution < 1.29 is 9.53 Å². The van der Waals surface area contributed by atoms with E-state index in [0.29, 0.717) is 12.2 Å². The standard InChI is InChI=1S/C14H29Br.C8H15NO2/c1-2-3-4-5-6-7-8-9-10-11-12-13-14-15;1-7(2)8(10)11-6-5-9(3)4/h2-14H2,1H3;1,5-6H2,2-4H3. The Morgan fingerprint density at radius 1 is 0.885 bits per heavy atom.